The first-order chi connectivity index (χ1) is 10.8. The Kier molecular flexibility index (Phi) is 5.81. The van der Waals surface area contributed by atoms with Crippen LogP contribution in [0.1, 0.15) is 37.7 Å². The lowest BCUT2D eigenvalue weighted by molar-refractivity contribution is -0.134. The summed E-state index contributed by atoms with van der Waals surface area (Å²) in [4.78, 5) is 14.7. The van der Waals surface area contributed by atoms with Gasteiger partial charge < -0.3 is 4.90 Å². The van der Waals surface area contributed by atoms with Gasteiger partial charge in [-0.25, -0.2) is 12.7 Å². The highest BCUT2D eigenvalue weighted by Crippen LogP contribution is 2.25. The van der Waals surface area contributed by atoms with Crippen LogP contribution in [-0.4, -0.2) is 56.0 Å². The van der Waals surface area contributed by atoms with Crippen molar-refractivity contribution in [2.75, 3.05) is 26.4 Å². The van der Waals surface area contributed by atoms with Gasteiger partial charge in [0.2, 0.25) is 15.9 Å². The van der Waals surface area contributed by atoms with Crippen molar-refractivity contribution >= 4 is 15.9 Å². The van der Waals surface area contributed by atoms with Gasteiger partial charge in [0, 0.05) is 26.2 Å². The van der Waals surface area contributed by atoms with Gasteiger partial charge in [0.1, 0.15) is 0 Å². The maximum Gasteiger partial charge on any atom is 0.230 e. The minimum Gasteiger partial charge on any atom is -0.342 e. The molecule has 5 nitrogen and oxygen atoms in total. The lowest BCUT2D eigenvalue weighted by Crippen LogP contribution is -2.48. The van der Waals surface area contributed by atoms with E-state index in [1.54, 1.807) is 7.05 Å². The molecule has 0 bridgehead atoms. The van der Waals surface area contributed by atoms with E-state index in [1.807, 2.05) is 42.2 Å². The van der Waals surface area contributed by atoms with Crippen molar-refractivity contribution in [3.8, 4) is 0 Å². The Labute approximate surface area is 139 Å². The molecule has 1 aromatic carbocycles. The third-order valence-corrected chi connectivity index (χ3v) is 6.07. The Morgan fingerprint density at radius 3 is 2.30 bits per heavy atom. The first kappa shape index (κ1) is 17.9. The number of amides is 1. The van der Waals surface area contributed by atoms with Gasteiger partial charge in [-0.3, -0.25) is 4.79 Å². The fraction of sp³-hybridized carbons (Fsp3) is 0.588. The highest BCUT2D eigenvalue weighted by molar-refractivity contribution is 7.88. The Hall–Kier alpha value is -1.40. The summed E-state index contributed by atoms with van der Waals surface area (Å²) in [7, 11) is -1.55. The first-order valence-electron chi connectivity index (χ1n) is 8.11. The molecule has 2 rings (SSSR count). The van der Waals surface area contributed by atoms with Crippen LogP contribution in [0.2, 0.25) is 0 Å². The van der Waals surface area contributed by atoms with Gasteiger partial charge in [-0.15, -0.1) is 0 Å². The molecule has 1 aliphatic rings. The van der Waals surface area contributed by atoms with Crippen molar-refractivity contribution in [1.29, 1.82) is 0 Å². The molecule has 1 atom stereocenters. The molecule has 1 amide bonds. The van der Waals surface area contributed by atoms with Crippen LogP contribution in [0.3, 0.4) is 0 Å². The first-order valence-corrected chi connectivity index (χ1v) is 9.96. The molecule has 23 heavy (non-hydrogen) atoms. The minimum atomic E-state index is -3.17. The number of hydrogen-bond donors (Lipinski definition) is 0. The number of hydrogen-bond acceptors (Lipinski definition) is 3. The van der Waals surface area contributed by atoms with Gasteiger partial charge in [0.05, 0.1) is 12.2 Å². The SMILES string of the molecule is CC[C@H](C(=O)N1CCC(N(C)S(C)(=O)=O)CC1)c1ccccc1. The van der Waals surface area contributed by atoms with Crippen molar-refractivity contribution in [3.63, 3.8) is 0 Å². The number of piperidine rings is 1. The van der Waals surface area contributed by atoms with E-state index in [0.29, 0.717) is 25.9 Å². The Morgan fingerprint density at radius 2 is 1.83 bits per heavy atom. The van der Waals surface area contributed by atoms with E-state index in [4.69, 9.17) is 0 Å². The van der Waals surface area contributed by atoms with E-state index in [2.05, 4.69) is 0 Å². The van der Waals surface area contributed by atoms with Crippen LogP contribution in [0.5, 0.6) is 0 Å². The number of carbonyl (C=O) groups is 1. The van der Waals surface area contributed by atoms with Crippen molar-refractivity contribution in [2.45, 2.75) is 38.1 Å². The van der Waals surface area contributed by atoms with E-state index >= 15 is 0 Å². The predicted octanol–water partition coefficient (Wildman–Crippen LogP) is 2.06. The zero-order valence-electron chi connectivity index (χ0n) is 14.1. The molecule has 0 unspecified atom stereocenters. The Balaban J connectivity index is 2.00. The topological polar surface area (TPSA) is 57.7 Å². The van der Waals surface area contributed by atoms with Gasteiger partial charge in [-0.2, -0.15) is 0 Å². The molecule has 6 heteroatoms. The molecule has 0 saturated carbocycles. The van der Waals surface area contributed by atoms with Gasteiger partial charge in [-0.05, 0) is 24.8 Å². The molecule has 1 aromatic rings. The fourth-order valence-electron chi connectivity index (χ4n) is 3.18. The molecule has 0 aliphatic carbocycles. The van der Waals surface area contributed by atoms with Crippen molar-refractivity contribution in [2.24, 2.45) is 0 Å². The summed E-state index contributed by atoms with van der Waals surface area (Å²) in [6.45, 7) is 3.26. The lowest BCUT2D eigenvalue weighted by atomic mass is 9.93. The van der Waals surface area contributed by atoms with Gasteiger partial charge in [-0.1, -0.05) is 37.3 Å². The summed E-state index contributed by atoms with van der Waals surface area (Å²) in [5.41, 5.74) is 1.05. The van der Waals surface area contributed by atoms with E-state index in [1.165, 1.54) is 10.6 Å². The van der Waals surface area contributed by atoms with Crippen LogP contribution in [0.4, 0.5) is 0 Å². The number of nitrogens with zero attached hydrogens (tertiary/aromatic N) is 2. The maximum absolute atomic E-state index is 12.8. The second kappa shape index (κ2) is 7.45. The van der Waals surface area contributed by atoms with E-state index in [0.717, 1.165) is 12.0 Å². The van der Waals surface area contributed by atoms with Crippen LogP contribution in [0.15, 0.2) is 30.3 Å². The molecule has 0 radical (unpaired) electrons. The quantitative estimate of drug-likeness (QED) is 0.826. The molecule has 128 valence electrons. The second-order valence-electron chi connectivity index (χ2n) is 6.21. The molecular weight excluding hydrogens is 312 g/mol. The molecule has 1 aliphatic heterocycles. The van der Waals surface area contributed by atoms with E-state index in [9.17, 15) is 13.2 Å². The largest absolute Gasteiger partial charge is 0.342 e. The number of carbonyl (C=O) groups excluding carboxylic acids is 1. The summed E-state index contributed by atoms with van der Waals surface area (Å²) in [6, 6.07) is 9.85. The zero-order valence-corrected chi connectivity index (χ0v) is 14.9. The van der Waals surface area contributed by atoms with Crippen LogP contribution in [0.25, 0.3) is 0 Å². The molecule has 1 heterocycles. The van der Waals surface area contributed by atoms with Crippen LogP contribution >= 0.6 is 0 Å². The molecule has 0 spiro atoms. The second-order valence-corrected chi connectivity index (χ2v) is 8.25. The number of sulfonamides is 1. The Bertz CT molecular complexity index is 622. The lowest BCUT2D eigenvalue weighted by Gasteiger charge is -2.37. The Morgan fingerprint density at radius 1 is 1.26 bits per heavy atom. The summed E-state index contributed by atoms with van der Waals surface area (Å²) in [5, 5.41) is 0. The third kappa shape index (κ3) is 4.32. The van der Waals surface area contributed by atoms with Crippen molar-refractivity contribution < 1.29 is 13.2 Å². The van der Waals surface area contributed by atoms with Crippen molar-refractivity contribution in [1.82, 2.24) is 9.21 Å². The monoisotopic (exact) mass is 338 g/mol. The standard InChI is InChI=1S/C17H26N2O3S/c1-4-16(14-8-6-5-7-9-14)17(20)19-12-10-15(11-13-19)18(2)23(3,21)22/h5-9,15-16H,4,10-13H2,1-3H3/t16-/m0/s1. The van der Waals surface area contributed by atoms with Crippen molar-refractivity contribution in [3.05, 3.63) is 35.9 Å². The summed E-state index contributed by atoms with van der Waals surface area (Å²) >= 11 is 0. The number of likely N-dealkylation sites (tertiary alicyclic amines) is 1. The predicted molar refractivity (Wildman–Crippen MR) is 91.7 cm³/mol. The minimum absolute atomic E-state index is 0.00847. The van der Waals surface area contributed by atoms with Gasteiger partial charge in [0.15, 0.2) is 0 Å². The molecule has 0 aromatic heterocycles. The highest BCUT2D eigenvalue weighted by Gasteiger charge is 2.31. The average Bonchev–Trinajstić information content (AvgIpc) is 2.55. The van der Waals surface area contributed by atoms with Crippen LogP contribution < -0.4 is 0 Å². The average molecular weight is 338 g/mol. The van der Waals surface area contributed by atoms with Crippen LogP contribution in [0, 0.1) is 0 Å². The smallest absolute Gasteiger partial charge is 0.230 e. The van der Waals surface area contributed by atoms with Gasteiger partial charge >= 0.3 is 0 Å². The number of rotatable bonds is 5. The normalized spacial score (nSPS) is 18.2. The number of benzene rings is 1. The fourth-order valence-corrected chi connectivity index (χ4v) is 3.93. The molecule has 1 saturated heterocycles. The van der Waals surface area contributed by atoms with E-state index in [-0.39, 0.29) is 17.9 Å². The zero-order chi connectivity index (χ0) is 17.0. The summed E-state index contributed by atoms with van der Waals surface area (Å²) < 4.78 is 24.7. The summed E-state index contributed by atoms with van der Waals surface area (Å²) in [5.74, 6) is 0.0412. The molecule has 1 fully saturated rings. The van der Waals surface area contributed by atoms with Crippen LogP contribution in [-0.2, 0) is 14.8 Å². The molecule has 0 N–H and O–H groups in total. The highest BCUT2D eigenvalue weighted by atomic mass is 32.2. The van der Waals surface area contributed by atoms with E-state index < -0.39 is 10.0 Å². The maximum atomic E-state index is 12.8. The molecular formula is C17H26N2O3S. The van der Waals surface area contributed by atoms with Gasteiger partial charge in [0.25, 0.3) is 0 Å². The summed E-state index contributed by atoms with van der Waals surface area (Å²) in [6.07, 6.45) is 3.39. The third-order valence-electron chi connectivity index (χ3n) is 4.72.